The van der Waals surface area contributed by atoms with E-state index in [1.807, 2.05) is 6.92 Å². The van der Waals surface area contributed by atoms with Crippen LogP contribution in [0.4, 0.5) is 10.1 Å². The van der Waals surface area contributed by atoms with Crippen LogP contribution < -0.4 is 11.1 Å². The topological polar surface area (TPSA) is 55.1 Å². The van der Waals surface area contributed by atoms with Gasteiger partial charge in [-0.15, -0.1) is 0 Å². The minimum atomic E-state index is -0.862. The summed E-state index contributed by atoms with van der Waals surface area (Å²) >= 11 is 7.93. The molecule has 1 aromatic carbocycles. The third kappa shape index (κ3) is 4.00. The monoisotopic (exact) mass is 352 g/mol. The Hall–Kier alpha value is -0.530. The molecule has 1 atom stereocenters. The molecule has 100 valence electrons. The lowest BCUT2D eigenvalue weighted by Gasteiger charge is -2.10. The number of nitrogens with two attached hydrogens (primary N) is 1. The van der Waals surface area contributed by atoms with Crippen LogP contribution in [0.1, 0.15) is 12.5 Å². The van der Waals surface area contributed by atoms with Crippen LogP contribution in [0.3, 0.4) is 0 Å². The van der Waals surface area contributed by atoms with E-state index < -0.39 is 16.6 Å². The molecule has 0 saturated heterocycles. The second-order valence-corrected chi connectivity index (χ2v) is 6.61. The van der Waals surface area contributed by atoms with E-state index >= 15 is 0 Å². The van der Waals surface area contributed by atoms with E-state index in [2.05, 4.69) is 21.2 Å². The second-order valence-electron chi connectivity index (χ2n) is 3.51. The fourth-order valence-electron chi connectivity index (χ4n) is 1.32. The molecule has 1 aromatic rings. The van der Waals surface area contributed by atoms with Crippen molar-refractivity contribution in [3.05, 3.63) is 28.0 Å². The molecule has 7 heteroatoms. The molecule has 3 N–H and O–H groups in total. The molecule has 0 spiro atoms. The summed E-state index contributed by atoms with van der Waals surface area (Å²) in [4.78, 5) is 0.138. The summed E-state index contributed by atoms with van der Waals surface area (Å²) in [7, 11) is -0.862. The van der Waals surface area contributed by atoms with Gasteiger partial charge in [0.25, 0.3) is 0 Å². The fourth-order valence-corrected chi connectivity index (χ4v) is 2.80. The molecule has 1 rings (SSSR count). The summed E-state index contributed by atoms with van der Waals surface area (Å²) in [6.45, 7) is 2.31. The molecule has 0 aliphatic carbocycles. The summed E-state index contributed by atoms with van der Waals surface area (Å²) in [6.07, 6.45) is 0. The van der Waals surface area contributed by atoms with Crippen LogP contribution in [-0.4, -0.2) is 27.2 Å². The van der Waals surface area contributed by atoms with Crippen molar-refractivity contribution in [3.8, 4) is 0 Å². The Labute approximate surface area is 122 Å². The highest BCUT2D eigenvalue weighted by atomic mass is 79.9. The Morgan fingerprint density at radius 1 is 1.61 bits per heavy atom. The Bertz CT molecular complexity index is 482. The zero-order chi connectivity index (χ0) is 13.7. The molecule has 3 nitrogen and oxygen atoms in total. The lowest BCUT2D eigenvalue weighted by molar-refractivity contribution is 0.623. The zero-order valence-electron chi connectivity index (χ0n) is 9.83. The van der Waals surface area contributed by atoms with Crippen LogP contribution in [-0.2, 0) is 10.8 Å². The highest BCUT2D eigenvalue weighted by Gasteiger charge is 2.12. The fraction of sp³-hybridized carbons (Fsp3) is 0.364. The van der Waals surface area contributed by atoms with Gasteiger partial charge in [-0.1, -0.05) is 19.1 Å². The summed E-state index contributed by atoms with van der Waals surface area (Å²) < 4.78 is 25.4. The molecule has 0 bridgehead atoms. The maximum atomic E-state index is 13.9. The standard InChI is InChI=1S/C11H14BrFN2OS2/c1-2-18(16)6-5-15-8-4-3-7(11(14)17)9(12)10(8)13/h3-4,15H,2,5-6H2,1H3,(H2,14,17). The lowest BCUT2D eigenvalue weighted by atomic mass is 10.2. The summed E-state index contributed by atoms with van der Waals surface area (Å²) in [5.41, 5.74) is 6.27. The van der Waals surface area contributed by atoms with Crippen LogP contribution in [0.2, 0.25) is 0 Å². The van der Waals surface area contributed by atoms with Gasteiger partial charge in [0.1, 0.15) is 4.99 Å². The number of anilines is 1. The third-order valence-corrected chi connectivity index (χ3v) is 4.61. The van der Waals surface area contributed by atoms with E-state index in [4.69, 9.17) is 18.0 Å². The van der Waals surface area contributed by atoms with Gasteiger partial charge in [0.05, 0.1) is 10.2 Å². The number of nitrogens with one attached hydrogen (secondary N) is 1. The molecule has 0 aromatic heterocycles. The van der Waals surface area contributed by atoms with Gasteiger partial charge in [0.2, 0.25) is 0 Å². The van der Waals surface area contributed by atoms with Crippen LogP contribution in [0.5, 0.6) is 0 Å². The van der Waals surface area contributed by atoms with Crippen molar-refractivity contribution in [2.75, 3.05) is 23.4 Å². The molecular weight excluding hydrogens is 339 g/mol. The molecule has 0 heterocycles. The highest BCUT2D eigenvalue weighted by molar-refractivity contribution is 9.10. The predicted octanol–water partition coefficient (Wildman–Crippen LogP) is 2.40. The van der Waals surface area contributed by atoms with Crippen molar-refractivity contribution < 1.29 is 8.60 Å². The number of hydrogen-bond donors (Lipinski definition) is 2. The number of rotatable bonds is 6. The predicted molar refractivity (Wildman–Crippen MR) is 82.0 cm³/mol. The summed E-state index contributed by atoms with van der Waals surface area (Å²) in [5.74, 6) is 0.654. The first kappa shape index (κ1) is 15.5. The normalized spacial score (nSPS) is 12.2. The molecule has 0 radical (unpaired) electrons. The third-order valence-electron chi connectivity index (χ3n) is 2.31. The molecule has 0 saturated carbocycles. The average molecular weight is 353 g/mol. The van der Waals surface area contributed by atoms with E-state index in [-0.39, 0.29) is 9.46 Å². The summed E-state index contributed by atoms with van der Waals surface area (Å²) in [5, 5.41) is 2.90. The van der Waals surface area contributed by atoms with Crippen molar-refractivity contribution in [2.24, 2.45) is 5.73 Å². The Kier molecular flexibility index (Phi) is 6.17. The Morgan fingerprint density at radius 3 is 2.83 bits per heavy atom. The van der Waals surface area contributed by atoms with Gasteiger partial charge in [0, 0.05) is 34.4 Å². The first-order chi connectivity index (χ1) is 8.47. The smallest absolute Gasteiger partial charge is 0.161 e. The Balaban J connectivity index is 2.77. The second kappa shape index (κ2) is 7.16. The van der Waals surface area contributed by atoms with E-state index in [9.17, 15) is 8.60 Å². The number of halogens is 2. The molecule has 0 fully saturated rings. The molecule has 1 unspecified atom stereocenters. The van der Waals surface area contributed by atoms with Crippen molar-refractivity contribution in [1.82, 2.24) is 0 Å². The van der Waals surface area contributed by atoms with Crippen LogP contribution in [0.25, 0.3) is 0 Å². The average Bonchev–Trinajstić information content (AvgIpc) is 2.33. The molecule has 0 amide bonds. The van der Waals surface area contributed by atoms with Gasteiger partial charge < -0.3 is 11.1 Å². The summed E-state index contributed by atoms with van der Waals surface area (Å²) in [6, 6.07) is 3.22. The van der Waals surface area contributed by atoms with Crippen LogP contribution in [0, 0.1) is 5.82 Å². The SMILES string of the molecule is CCS(=O)CCNc1ccc(C(N)=S)c(Br)c1F. The van der Waals surface area contributed by atoms with Gasteiger partial charge in [-0.05, 0) is 28.1 Å². The maximum Gasteiger partial charge on any atom is 0.161 e. The van der Waals surface area contributed by atoms with Crippen molar-refractivity contribution in [3.63, 3.8) is 0 Å². The minimum absolute atomic E-state index is 0.138. The first-order valence-electron chi connectivity index (χ1n) is 5.34. The number of benzene rings is 1. The van der Waals surface area contributed by atoms with Gasteiger partial charge in [-0.2, -0.15) is 0 Å². The minimum Gasteiger partial charge on any atom is -0.389 e. The van der Waals surface area contributed by atoms with E-state index in [1.165, 1.54) is 0 Å². The largest absolute Gasteiger partial charge is 0.389 e. The van der Waals surface area contributed by atoms with E-state index in [0.29, 0.717) is 29.3 Å². The number of hydrogen-bond acceptors (Lipinski definition) is 3. The molecule has 0 aliphatic rings. The molecule has 0 aliphatic heterocycles. The molecular formula is C11H14BrFN2OS2. The van der Waals surface area contributed by atoms with E-state index in [0.717, 1.165) is 0 Å². The Morgan fingerprint density at radius 2 is 2.28 bits per heavy atom. The van der Waals surface area contributed by atoms with Crippen LogP contribution in [0.15, 0.2) is 16.6 Å². The van der Waals surface area contributed by atoms with E-state index in [1.54, 1.807) is 12.1 Å². The van der Waals surface area contributed by atoms with Crippen LogP contribution >= 0.6 is 28.1 Å². The van der Waals surface area contributed by atoms with Gasteiger partial charge in [0.15, 0.2) is 5.82 Å². The van der Waals surface area contributed by atoms with Crippen molar-refractivity contribution >= 4 is 49.6 Å². The zero-order valence-corrected chi connectivity index (χ0v) is 13.1. The lowest BCUT2D eigenvalue weighted by Crippen LogP contribution is -2.15. The van der Waals surface area contributed by atoms with Crippen molar-refractivity contribution in [1.29, 1.82) is 0 Å². The quantitative estimate of drug-likeness (QED) is 0.772. The highest BCUT2D eigenvalue weighted by Crippen LogP contribution is 2.26. The van der Waals surface area contributed by atoms with Gasteiger partial charge in [-0.25, -0.2) is 4.39 Å². The molecule has 18 heavy (non-hydrogen) atoms. The first-order valence-corrected chi connectivity index (χ1v) is 8.03. The van der Waals surface area contributed by atoms with Gasteiger partial charge >= 0.3 is 0 Å². The maximum absolute atomic E-state index is 13.9. The van der Waals surface area contributed by atoms with Gasteiger partial charge in [-0.3, -0.25) is 4.21 Å². The number of thiocarbonyl (C=S) groups is 1. The van der Waals surface area contributed by atoms with Crippen molar-refractivity contribution in [2.45, 2.75) is 6.92 Å².